The molecule has 25 heavy (non-hydrogen) atoms. The molecule has 1 unspecified atom stereocenters. The first kappa shape index (κ1) is 17.9. The summed E-state index contributed by atoms with van der Waals surface area (Å²) in [5.74, 6) is -0.979. The molecule has 0 saturated heterocycles. The Morgan fingerprint density at radius 1 is 1.12 bits per heavy atom. The number of aliphatic carboxylic acids is 1. The zero-order chi connectivity index (χ0) is 18.4. The average molecular weight is 341 g/mol. The van der Waals surface area contributed by atoms with Crippen LogP contribution in [0.5, 0.6) is 5.75 Å². The fourth-order valence-corrected chi connectivity index (χ4v) is 1.93. The zero-order valence-corrected chi connectivity index (χ0v) is 13.3. The number of rotatable bonds is 7. The third-order valence-electron chi connectivity index (χ3n) is 3.33. The second-order valence-electron chi connectivity index (χ2n) is 5.17. The minimum atomic E-state index is -1.08. The summed E-state index contributed by atoms with van der Waals surface area (Å²) in [5, 5.41) is 19.4. The van der Waals surface area contributed by atoms with Gasteiger partial charge in [0.05, 0.1) is 4.92 Å². The Bertz CT molecular complexity index is 808. The number of carbonyl (C=O) groups excluding carboxylic acids is 1. The lowest BCUT2D eigenvalue weighted by Crippen LogP contribution is -2.22. The number of ether oxygens (including phenoxy) is 1. The van der Waals surface area contributed by atoms with Crippen LogP contribution in [0.25, 0.3) is 6.08 Å². The van der Waals surface area contributed by atoms with E-state index >= 15 is 0 Å². The quantitative estimate of drug-likeness (QED) is 0.358. The van der Waals surface area contributed by atoms with E-state index in [1.54, 1.807) is 18.2 Å². The summed E-state index contributed by atoms with van der Waals surface area (Å²) in [6, 6.07) is 11.9. The number of allylic oxidation sites excluding steroid dienone is 1. The van der Waals surface area contributed by atoms with Gasteiger partial charge in [-0.05, 0) is 55.0 Å². The maximum Gasteiger partial charge on any atom is 0.344 e. The summed E-state index contributed by atoms with van der Waals surface area (Å²) in [7, 11) is 0. The van der Waals surface area contributed by atoms with Crippen LogP contribution in [0.4, 0.5) is 5.69 Å². The molecule has 7 heteroatoms. The van der Waals surface area contributed by atoms with E-state index < -0.39 is 17.0 Å². The SMILES string of the molecule is CC(Oc1ccc(C(=O)C=Cc2ccc([N+](=O)[O-])cc2)cc1)C(=O)O. The predicted octanol–water partition coefficient (Wildman–Crippen LogP) is 3.34. The van der Waals surface area contributed by atoms with Crippen LogP contribution in [-0.2, 0) is 4.79 Å². The normalized spacial score (nSPS) is 11.9. The lowest BCUT2D eigenvalue weighted by molar-refractivity contribution is -0.384. The van der Waals surface area contributed by atoms with Crippen molar-refractivity contribution < 1.29 is 24.4 Å². The Morgan fingerprint density at radius 2 is 1.72 bits per heavy atom. The van der Waals surface area contributed by atoms with Crippen molar-refractivity contribution >= 4 is 23.5 Å². The summed E-state index contributed by atoms with van der Waals surface area (Å²) < 4.78 is 5.19. The maximum absolute atomic E-state index is 12.1. The molecule has 1 atom stereocenters. The van der Waals surface area contributed by atoms with Crippen LogP contribution in [0, 0.1) is 10.1 Å². The molecular formula is C18H15NO6. The van der Waals surface area contributed by atoms with E-state index in [4.69, 9.17) is 9.84 Å². The minimum Gasteiger partial charge on any atom is -0.479 e. The first-order valence-corrected chi connectivity index (χ1v) is 7.33. The Kier molecular flexibility index (Phi) is 5.62. The Hall–Kier alpha value is -3.48. The highest BCUT2D eigenvalue weighted by Crippen LogP contribution is 2.16. The molecule has 7 nitrogen and oxygen atoms in total. The molecule has 0 aliphatic carbocycles. The molecule has 0 radical (unpaired) electrons. The molecule has 2 rings (SSSR count). The van der Waals surface area contributed by atoms with E-state index in [0.29, 0.717) is 16.9 Å². The van der Waals surface area contributed by atoms with E-state index in [1.807, 2.05) is 0 Å². The van der Waals surface area contributed by atoms with Gasteiger partial charge in [0.25, 0.3) is 5.69 Å². The van der Waals surface area contributed by atoms with Gasteiger partial charge in [0.2, 0.25) is 0 Å². The fourth-order valence-electron chi connectivity index (χ4n) is 1.93. The highest BCUT2D eigenvalue weighted by molar-refractivity contribution is 6.06. The molecule has 0 fully saturated rings. The number of non-ortho nitro benzene ring substituents is 1. The van der Waals surface area contributed by atoms with Gasteiger partial charge in [-0.15, -0.1) is 0 Å². The third kappa shape index (κ3) is 5.00. The van der Waals surface area contributed by atoms with Crippen LogP contribution in [0.15, 0.2) is 54.6 Å². The number of carboxylic acids is 1. The van der Waals surface area contributed by atoms with Gasteiger partial charge in [-0.1, -0.05) is 6.08 Å². The summed E-state index contributed by atoms with van der Waals surface area (Å²) in [6.07, 6.45) is 1.93. The second kappa shape index (κ2) is 7.87. The summed E-state index contributed by atoms with van der Waals surface area (Å²) in [4.78, 5) is 32.9. The smallest absolute Gasteiger partial charge is 0.344 e. The molecule has 0 amide bonds. The van der Waals surface area contributed by atoms with E-state index in [0.717, 1.165) is 0 Å². The van der Waals surface area contributed by atoms with Crippen molar-refractivity contribution in [1.82, 2.24) is 0 Å². The predicted molar refractivity (Wildman–Crippen MR) is 90.6 cm³/mol. The first-order chi connectivity index (χ1) is 11.9. The molecule has 2 aromatic carbocycles. The van der Waals surface area contributed by atoms with Crippen LogP contribution in [0.3, 0.4) is 0 Å². The number of nitro groups is 1. The van der Waals surface area contributed by atoms with Gasteiger partial charge in [-0.2, -0.15) is 0 Å². The first-order valence-electron chi connectivity index (χ1n) is 7.33. The molecule has 128 valence electrons. The van der Waals surface area contributed by atoms with Gasteiger partial charge in [0, 0.05) is 17.7 Å². The largest absolute Gasteiger partial charge is 0.479 e. The van der Waals surface area contributed by atoms with Gasteiger partial charge >= 0.3 is 5.97 Å². The van der Waals surface area contributed by atoms with Crippen LogP contribution < -0.4 is 4.74 Å². The summed E-state index contributed by atoms with van der Waals surface area (Å²) in [6.45, 7) is 1.41. The number of nitrogens with zero attached hydrogens (tertiary/aromatic N) is 1. The number of hydrogen-bond acceptors (Lipinski definition) is 5. The summed E-state index contributed by atoms with van der Waals surface area (Å²) in [5.41, 5.74) is 1.05. The van der Waals surface area contributed by atoms with Crippen LogP contribution >= 0.6 is 0 Å². The molecule has 0 bridgehead atoms. The van der Waals surface area contributed by atoms with Crippen LogP contribution in [0.1, 0.15) is 22.8 Å². The zero-order valence-electron chi connectivity index (χ0n) is 13.3. The molecule has 0 aliphatic heterocycles. The monoisotopic (exact) mass is 341 g/mol. The standard InChI is InChI=1S/C18H15NO6/c1-12(18(21)22)25-16-9-5-14(6-10-16)17(20)11-4-13-2-7-15(8-3-13)19(23)24/h2-12H,1H3,(H,21,22). The molecule has 0 spiro atoms. The van der Waals surface area contributed by atoms with Gasteiger partial charge in [-0.3, -0.25) is 14.9 Å². The number of benzene rings is 2. The molecule has 2 aromatic rings. The second-order valence-corrected chi connectivity index (χ2v) is 5.17. The lowest BCUT2D eigenvalue weighted by Gasteiger charge is -2.10. The van der Waals surface area contributed by atoms with Crippen molar-refractivity contribution in [3.8, 4) is 5.75 Å². The van der Waals surface area contributed by atoms with Crippen molar-refractivity contribution in [1.29, 1.82) is 0 Å². The van der Waals surface area contributed by atoms with Gasteiger partial charge in [-0.25, -0.2) is 4.79 Å². The van der Waals surface area contributed by atoms with Gasteiger partial charge in [0.1, 0.15) is 5.75 Å². The maximum atomic E-state index is 12.1. The fraction of sp³-hybridized carbons (Fsp3) is 0.111. The van der Waals surface area contributed by atoms with Gasteiger partial charge in [0.15, 0.2) is 11.9 Å². The molecular weight excluding hydrogens is 326 g/mol. The molecule has 0 heterocycles. The molecule has 0 aromatic heterocycles. The third-order valence-corrected chi connectivity index (χ3v) is 3.33. The molecule has 0 saturated carbocycles. The van der Waals surface area contributed by atoms with Crippen molar-refractivity contribution in [3.05, 3.63) is 75.8 Å². The van der Waals surface area contributed by atoms with E-state index in [2.05, 4.69) is 0 Å². The van der Waals surface area contributed by atoms with Crippen molar-refractivity contribution in [3.63, 3.8) is 0 Å². The molecule has 1 N–H and O–H groups in total. The van der Waals surface area contributed by atoms with E-state index in [-0.39, 0.29) is 11.5 Å². The number of hydrogen-bond donors (Lipinski definition) is 1. The van der Waals surface area contributed by atoms with Crippen LogP contribution in [-0.4, -0.2) is 27.9 Å². The highest BCUT2D eigenvalue weighted by Gasteiger charge is 2.12. The topological polar surface area (TPSA) is 107 Å². The Balaban J connectivity index is 2.02. The highest BCUT2D eigenvalue weighted by atomic mass is 16.6. The molecule has 0 aliphatic rings. The van der Waals surface area contributed by atoms with Crippen molar-refractivity contribution in [2.24, 2.45) is 0 Å². The van der Waals surface area contributed by atoms with E-state index in [9.17, 15) is 19.7 Å². The summed E-state index contributed by atoms with van der Waals surface area (Å²) >= 11 is 0. The van der Waals surface area contributed by atoms with Crippen LogP contribution in [0.2, 0.25) is 0 Å². The lowest BCUT2D eigenvalue weighted by atomic mass is 10.1. The van der Waals surface area contributed by atoms with Crippen molar-refractivity contribution in [2.75, 3.05) is 0 Å². The Morgan fingerprint density at radius 3 is 2.24 bits per heavy atom. The average Bonchev–Trinajstić information content (AvgIpc) is 2.60. The number of carbonyl (C=O) groups is 2. The number of carboxylic acid groups (broad SMARTS) is 1. The number of ketones is 1. The Labute approximate surface area is 143 Å². The van der Waals surface area contributed by atoms with E-state index in [1.165, 1.54) is 49.4 Å². The van der Waals surface area contributed by atoms with Crippen molar-refractivity contribution in [2.45, 2.75) is 13.0 Å². The number of nitro benzene ring substituents is 1. The van der Waals surface area contributed by atoms with Gasteiger partial charge < -0.3 is 9.84 Å². The minimum absolute atomic E-state index is 0.0188.